The maximum atomic E-state index is 14.7. The Bertz CT molecular complexity index is 1400. The van der Waals surface area contributed by atoms with Crippen LogP contribution in [0.1, 0.15) is 18.5 Å². The van der Waals surface area contributed by atoms with E-state index in [9.17, 15) is 14.4 Å². The van der Waals surface area contributed by atoms with Gasteiger partial charge in [-0.05, 0) is 13.0 Å². The molecule has 9 heteroatoms. The number of pyridine rings is 1. The molecular weight excluding hydrogens is 411 g/mol. The molecule has 0 aliphatic carbocycles. The zero-order valence-electron chi connectivity index (χ0n) is 17.2. The van der Waals surface area contributed by atoms with E-state index in [-0.39, 0.29) is 17.6 Å². The topological polar surface area (TPSA) is 109 Å². The van der Waals surface area contributed by atoms with Crippen LogP contribution in [0.3, 0.4) is 0 Å². The van der Waals surface area contributed by atoms with Crippen LogP contribution < -0.4 is 0 Å². The number of rotatable bonds is 7. The lowest BCUT2D eigenvalue weighted by Crippen LogP contribution is -2.25. The first-order valence-electron chi connectivity index (χ1n) is 9.84. The van der Waals surface area contributed by atoms with Gasteiger partial charge in [-0.15, -0.1) is 13.2 Å². The Labute approximate surface area is 182 Å². The minimum atomic E-state index is -0.781. The highest BCUT2D eigenvalue weighted by molar-refractivity contribution is 5.93. The molecule has 0 aliphatic rings. The average Bonchev–Trinajstić information content (AvgIpc) is 3.37. The van der Waals surface area contributed by atoms with Gasteiger partial charge in [0.15, 0.2) is 11.6 Å². The molecule has 4 aromatic heterocycles. The van der Waals surface area contributed by atoms with Crippen LogP contribution in [0, 0.1) is 23.1 Å². The van der Waals surface area contributed by atoms with E-state index in [0.717, 1.165) is 0 Å². The number of aromatic amines is 1. The van der Waals surface area contributed by atoms with Crippen molar-refractivity contribution in [3.63, 3.8) is 0 Å². The van der Waals surface area contributed by atoms with E-state index < -0.39 is 23.7 Å². The summed E-state index contributed by atoms with van der Waals surface area (Å²) in [5.41, 5.74) is 1.86. The number of fused-ring (bicyclic) bond motifs is 2. The summed E-state index contributed by atoms with van der Waals surface area (Å²) < 4.78 is 21.4. The predicted octanol–water partition coefficient (Wildman–Crippen LogP) is 4.08. The van der Waals surface area contributed by atoms with E-state index in [2.05, 4.69) is 39.2 Å². The molecule has 8 nitrogen and oxygen atoms in total. The number of nitrogens with one attached hydrogen (secondary N) is 1. The molecule has 0 fully saturated rings. The first-order chi connectivity index (χ1) is 15.5. The maximum absolute atomic E-state index is 14.7. The number of esters is 1. The third kappa shape index (κ3) is 3.41. The van der Waals surface area contributed by atoms with Gasteiger partial charge in [0.2, 0.25) is 0 Å². The van der Waals surface area contributed by atoms with Gasteiger partial charge in [-0.1, -0.05) is 12.2 Å². The molecule has 0 unspecified atom stereocenters. The third-order valence-electron chi connectivity index (χ3n) is 5.17. The van der Waals surface area contributed by atoms with Gasteiger partial charge >= 0.3 is 5.97 Å². The quantitative estimate of drug-likeness (QED) is 0.350. The Hall–Kier alpha value is -4.32. The SMILES string of the molecule is C=C[C@H]([C@@H](C=C)C(=O)OCC)n1cc(F)c2cnc(-c3c[nH]c4ncc(C#N)cc34)nc21. The summed E-state index contributed by atoms with van der Waals surface area (Å²) in [5, 5.41) is 10.1. The Kier molecular flexibility index (Phi) is 5.52. The molecule has 0 saturated carbocycles. The van der Waals surface area contributed by atoms with Gasteiger partial charge in [0.05, 0.1) is 29.5 Å². The summed E-state index contributed by atoms with van der Waals surface area (Å²) in [6.07, 6.45) is 8.77. The van der Waals surface area contributed by atoms with Crippen LogP contribution in [0.2, 0.25) is 0 Å². The van der Waals surface area contributed by atoms with Crippen molar-refractivity contribution in [3.8, 4) is 17.5 Å². The zero-order valence-corrected chi connectivity index (χ0v) is 17.2. The van der Waals surface area contributed by atoms with Gasteiger partial charge in [0.25, 0.3) is 0 Å². The molecule has 160 valence electrons. The number of nitrogens with zero attached hydrogens (tertiary/aromatic N) is 5. The number of aromatic nitrogens is 5. The minimum Gasteiger partial charge on any atom is -0.465 e. The van der Waals surface area contributed by atoms with Gasteiger partial charge < -0.3 is 14.3 Å². The highest BCUT2D eigenvalue weighted by atomic mass is 19.1. The second-order valence-corrected chi connectivity index (χ2v) is 6.99. The normalized spacial score (nSPS) is 12.9. The monoisotopic (exact) mass is 430 g/mol. The Morgan fingerprint density at radius 1 is 1.34 bits per heavy atom. The largest absolute Gasteiger partial charge is 0.465 e. The van der Waals surface area contributed by atoms with Crippen LogP contribution in [0.4, 0.5) is 4.39 Å². The zero-order chi connectivity index (χ0) is 22.8. The Balaban J connectivity index is 1.88. The predicted molar refractivity (Wildman–Crippen MR) is 117 cm³/mol. The molecule has 0 spiro atoms. The summed E-state index contributed by atoms with van der Waals surface area (Å²) >= 11 is 0. The molecule has 4 heterocycles. The molecule has 0 radical (unpaired) electrons. The van der Waals surface area contributed by atoms with Crippen molar-refractivity contribution >= 4 is 28.0 Å². The van der Waals surface area contributed by atoms with Gasteiger partial charge in [0.1, 0.15) is 17.4 Å². The Morgan fingerprint density at radius 3 is 2.84 bits per heavy atom. The summed E-state index contributed by atoms with van der Waals surface area (Å²) in [6.45, 7) is 9.45. The highest BCUT2D eigenvalue weighted by Crippen LogP contribution is 2.31. The molecule has 0 aromatic carbocycles. The Morgan fingerprint density at radius 2 is 2.16 bits per heavy atom. The lowest BCUT2D eigenvalue weighted by atomic mass is 10.00. The van der Waals surface area contributed by atoms with Crippen molar-refractivity contribution in [1.29, 1.82) is 5.26 Å². The van der Waals surface area contributed by atoms with E-state index >= 15 is 0 Å². The summed E-state index contributed by atoms with van der Waals surface area (Å²) in [5.74, 6) is -1.49. The number of hydrogen-bond acceptors (Lipinski definition) is 6. The van der Waals surface area contributed by atoms with Crippen LogP contribution in [0.25, 0.3) is 33.5 Å². The van der Waals surface area contributed by atoms with Gasteiger partial charge in [-0.2, -0.15) is 5.26 Å². The molecule has 0 saturated heterocycles. The van der Waals surface area contributed by atoms with Crippen LogP contribution in [0.5, 0.6) is 0 Å². The molecule has 0 amide bonds. The van der Waals surface area contributed by atoms with Crippen LogP contribution in [-0.2, 0) is 9.53 Å². The number of ether oxygens (including phenoxy) is 1. The molecule has 0 aliphatic heterocycles. The molecule has 1 N–H and O–H groups in total. The number of carbonyl (C=O) groups is 1. The number of carbonyl (C=O) groups excluding carboxylic acids is 1. The van der Waals surface area contributed by atoms with Gasteiger partial charge in [-0.25, -0.2) is 19.3 Å². The fourth-order valence-electron chi connectivity index (χ4n) is 3.64. The van der Waals surface area contributed by atoms with Crippen LogP contribution in [-0.4, -0.2) is 37.1 Å². The second-order valence-electron chi connectivity index (χ2n) is 6.99. The van der Waals surface area contributed by atoms with Crippen molar-refractivity contribution < 1.29 is 13.9 Å². The van der Waals surface area contributed by atoms with Crippen molar-refractivity contribution in [2.75, 3.05) is 6.61 Å². The fraction of sp³-hybridized carbons (Fsp3) is 0.174. The number of allylic oxidation sites excluding steroid dienone is 1. The molecule has 0 bridgehead atoms. The van der Waals surface area contributed by atoms with E-state index in [0.29, 0.717) is 28.0 Å². The number of H-pyrrole nitrogens is 1. The lowest BCUT2D eigenvalue weighted by Gasteiger charge is -2.22. The summed E-state index contributed by atoms with van der Waals surface area (Å²) in [7, 11) is 0. The first-order valence-corrected chi connectivity index (χ1v) is 9.84. The van der Waals surface area contributed by atoms with E-state index in [4.69, 9.17) is 4.74 Å². The molecular formula is C23H19FN6O2. The van der Waals surface area contributed by atoms with Gasteiger partial charge in [-0.3, -0.25) is 4.79 Å². The lowest BCUT2D eigenvalue weighted by molar-refractivity contribution is -0.147. The average molecular weight is 430 g/mol. The van der Waals surface area contributed by atoms with E-state index in [1.807, 2.05) is 0 Å². The molecule has 4 rings (SSSR count). The highest BCUT2D eigenvalue weighted by Gasteiger charge is 2.28. The fourth-order valence-corrected chi connectivity index (χ4v) is 3.64. The molecule has 2 atom stereocenters. The second kappa shape index (κ2) is 8.43. The summed E-state index contributed by atoms with van der Waals surface area (Å²) in [4.78, 5) is 28.6. The standard InChI is InChI=1S/C23H19FN6O2/c1-4-14(23(31)32-6-3)19(5-2)30-12-18(24)17-11-28-21(29-22(17)30)16-10-27-20-15(16)7-13(8-25)9-26-20/h4-5,7,9-12,14,19H,1-2,6H2,3H3,(H,26,27)/t14-,19-/m1/s1. The van der Waals surface area contributed by atoms with Crippen LogP contribution >= 0.6 is 0 Å². The van der Waals surface area contributed by atoms with Crippen molar-refractivity contribution in [2.24, 2.45) is 5.92 Å². The molecule has 32 heavy (non-hydrogen) atoms. The van der Waals surface area contributed by atoms with Crippen LogP contribution in [0.15, 0.2) is 56.2 Å². The summed E-state index contributed by atoms with van der Waals surface area (Å²) in [6, 6.07) is 3.07. The molecule has 4 aromatic rings. The first kappa shape index (κ1) is 20.9. The minimum absolute atomic E-state index is 0.197. The number of hydrogen-bond donors (Lipinski definition) is 1. The van der Waals surface area contributed by atoms with E-state index in [1.54, 1.807) is 19.2 Å². The maximum Gasteiger partial charge on any atom is 0.315 e. The van der Waals surface area contributed by atoms with Crippen molar-refractivity contribution in [1.82, 2.24) is 24.5 Å². The smallest absolute Gasteiger partial charge is 0.315 e. The van der Waals surface area contributed by atoms with Crippen molar-refractivity contribution in [2.45, 2.75) is 13.0 Å². The number of halogens is 1. The van der Waals surface area contributed by atoms with Crippen molar-refractivity contribution in [3.05, 3.63) is 67.5 Å². The number of nitriles is 1. The third-order valence-corrected chi connectivity index (χ3v) is 5.17. The van der Waals surface area contributed by atoms with E-state index in [1.165, 1.54) is 35.3 Å². The van der Waals surface area contributed by atoms with Gasteiger partial charge in [0, 0.05) is 35.7 Å².